The van der Waals surface area contributed by atoms with E-state index in [1.165, 1.54) is 25.3 Å². The van der Waals surface area contributed by atoms with E-state index in [2.05, 4.69) is 5.10 Å². The highest BCUT2D eigenvalue weighted by Crippen LogP contribution is 2.30. The Hall–Kier alpha value is -3.36. The first-order chi connectivity index (χ1) is 12.2. The molecule has 0 fully saturated rings. The Morgan fingerprint density at radius 2 is 1.81 bits per heavy atom. The Labute approximate surface area is 144 Å². The van der Waals surface area contributed by atoms with Gasteiger partial charge in [-0.15, -0.1) is 0 Å². The van der Waals surface area contributed by atoms with E-state index in [9.17, 15) is 27.9 Å². The predicted octanol–water partition coefficient (Wildman–Crippen LogP) is 3.11. The maximum absolute atomic E-state index is 12.7. The second-order valence-electron chi connectivity index (χ2n) is 5.32. The molecule has 1 heterocycles. The lowest BCUT2D eigenvalue weighted by molar-refractivity contribution is -0.137. The Kier molecular flexibility index (Phi) is 4.15. The van der Waals surface area contributed by atoms with Crippen LogP contribution in [0.2, 0.25) is 0 Å². The van der Waals surface area contributed by atoms with Gasteiger partial charge in [0.05, 0.1) is 29.3 Å². The molecule has 1 N–H and O–H groups in total. The van der Waals surface area contributed by atoms with Crippen molar-refractivity contribution in [2.45, 2.75) is 6.18 Å². The van der Waals surface area contributed by atoms with Crippen molar-refractivity contribution in [2.24, 2.45) is 0 Å². The highest BCUT2D eigenvalue weighted by Gasteiger charge is 2.30. The molecule has 3 aromatic rings. The summed E-state index contributed by atoms with van der Waals surface area (Å²) in [6.45, 7) is 0. The number of benzene rings is 2. The van der Waals surface area contributed by atoms with Crippen LogP contribution in [0.5, 0.6) is 5.75 Å². The van der Waals surface area contributed by atoms with E-state index in [4.69, 9.17) is 4.74 Å². The number of aromatic carboxylic acids is 1. The van der Waals surface area contributed by atoms with Crippen molar-refractivity contribution in [3.63, 3.8) is 0 Å². The minimum atomic E-state index is -4.50. The van der Waals surface area contributed by atoms with Crippen molar-refractivity contribution in [1.29, 1.82) is 0 Å². The van der Waals surface area contributed by atoms with E-state index in [1.807, 2.05) is 0 Å². The van der Waals surface area contributed by atoms with Crippen LogP contribution in [0, 0.1) is 0 Å². The molecule has 0 saturated heterocycles. The molecule has 0 aliphatic rings. The number of hydrogen-bond acceptors (Lipinski definition) is 4. The number of carboxylic acid groups (broad SMARTS) is 1. The first-order valence-corrected chi connectivity index (χ1v) is 7.24. The number of carboxylic acids is 1. The lowest BCUT2D eigenvalue weighted by Crippen LogP contribution is -2.22. The quantitative estimate of drug-likeness (QED) is 0.772. The molecule has 0 unspecified atom stereocenters. The predicted molar refractivity (Wildman–Crippen MR) is 85.9 cm³/mol. The molecule has 3 rings (SSSR count). The second-order valence-corrected chi connectivity index (χ2v) is 5.32. The van der Waals surface area contributed by atoms with E-state index in [-0.39, 0.29) is 16.6 Å². The number of rotatable bonds is 3. The smallest absolute Gasteiger partial charge is 0.416 e. The summed E-state index contributed by atoms with van der Waals surface area (Å²) in [4.78, 5) is 23.7. The molecule has 134 valence electrons. The van der Waals surface area contributed by atoms with Crippen LogP contribution in [-0.2, 0) is 6.18 Å². The fourth-order valence-electron chi connectivity index (χ4n) is 2.46. The molecule has 26 heavy (non-hydrogen) atoms. The summed E-state index contributed by atoms with van der Waals surface area (Å²) < 4.78 is 44.3. The van der Waals surface area contributed by atoms with E-state index in [1.54, 1.807) is 0 Å². The van der Waals surface area contributed by atoms with Gasteiger partial charge in [-0.05, 0) is 42.5 Å². The van der Waals surface area contributed by atoms with Gasteiger partial charge in [0, 0.05) is 0 Å². The second kappa shape index (κ2) is 6.17. The van der Waals surface area contributed by atoms with Gasteiger partial charge in [-0.2, -0.15) is 18.3 Å². The molecule has 0 aliphatic heterocycles. The van der Waals surface area contributed by atoms with Crippen molar-refractivity contribution in [3.8, 4) is 11.4 Å². The minimum absolute atomic E-state index is 0.0247. The summed E-state index contributed by atoms with van der Waals surface area (Å²) >= 11 is 0. The highest BCUT2D eigenvalue weighted by molar-refractivity contribution is 5.91. The zero-order chi connectivity index (χ0) is 19.1. The Balaban J connectivity index is 2.30. The lowest BCUT2D eigenvalue weighted by Gasteiger charge is -2.13. The van der Waals surface area contributed by atoms with Crippen molar-refractivity contribution in [2.75, 3.05) is 7.11 Å². The first-order valence-electron chi connectivity index (χ1n) is 7.24. The average Bonchev–Trinajstić information content (AvgIpc) is 2.61. The van der Waals surface area contributed by atoms with Crippen LogP contribution in [0.1, 0.15) is 16.1 Å². The van der Waals surface area contributed by atoms with E-state index >= 15 is 0 Å². The van der Waals surface area contributed by atoms with Crippen molar-refractivity contribution in [3.05, 3.63) is 63.9 Å². The molecule has 9 heteroatoms. The number of hydrogen-bond donors (Lipinski definition) is 1. The fraction of sp³-hybridized carbons (Fsp3) is 0.118. The summed E-state index contributed by atoms with van der Waals surface area (Å²) in [6.07, 6.45) is -4.50. The number of alkyl halides is 3. The molecule has 0 radical (unpaired) electrons. The highest BCUT2D eigenvalue weighted by atomic mass is 19.4. The molecular weight excluding hydrogens is 353 g/mol. The molecule has 0 amide bonds. The number of ether oxygens (including phenoxy) is 1. The maximum Gasteiger partial charge on any atom is 0.416 e. The summed E-state index contributed by atoms with van der Waals surface area (Å²) in [7, 11) is 1.38. The fourth-order valence-corrected chi connectivity index (χ4v) is 2.46. The van der Waals surface area contributed by atoms with Crippen LogP contribution in [0.25, 0.3) is 16.6 Å². The van der Waals surface area contributed by atoms with Gasteiger partial charge < -0.3 is 9.84 Å². The van der Waals surface area contributed by atoms with Gasteiger partial charge in [0.15, 0.2) is 0 Å². The number of methoxy groups -OCH3 is 1. The summed E-state index contributed by atoms with van der Waals surface area (Å²) in [5.41, 5.74) is -2.00. The number of fused-ring (bicyclic) bond motifs is 1. The van der Waals surface area contributed by atoms with Gasteiger partial charge in [0.25, 0.3) is 0 Å². The number of carbonyl (C=O) groups is 1. The zero-order valence-electron chi connectivity index (χ0n) is 13.2. The number of aromatic nitrogens is 2. The standard InChI is InChI=1S/C17H11F3N2O4/c1-26-11-6-7-13-12(8-11)15(23)14(16(24)25)21-22(13)10-4-2-9(3-5-10)17(18,19)20/h2-8H,1H3,(H,24,25). The van der Waals surface area contributed by atoms with Crippen molar-refractivity contribution >= 4 is 16.9 Å². The van der Waals surface area contributed by atoms with Gasteiger partial charge in [-0.3, -0.25) is 4.79 Å². The average molecular weight is 364 g/mol. The Bertz CT molecular complexity index is 1060. The lowest BCUT2D eigenvalue weighted by atomic mass is 10.1. The maximum atomic E-state index is 12.7. The normalized spacial score (nSPS) is 11.5. The largest absolute Gasteiger partial charge is 0.497 e. The van der Waals surface area contributed by atoms with Crippen LogP contribution in [0.4, 0.5) is 13.2 Å². The summed E-state index contributed by atoms with van der Waals surface area (Å²) in [6, 6.07) is 8.36. The molecule has 0 bridgehead atoms. The molecule has 6 nitrogen and oxygen atoms in total. The van der Waals surface area contributed by atoms with Crippen LogP contribution in [-0.4, -0.2) is 28.0 Å². The van der Waals surface area contributed by atoms with Crippen LogP contribution < -0.4 is 10.2 Å². The van der Waals surface area contributed by atoms with Gasteiger partial charge >= 0.3 is 12.1 Å². The van der Waals surface area contributed by atoms with E-state index in [0.29, 0.717) is 5.75 Å². The third-order valence-corrected chi connectivity index (χ3v) is 3.73. The molecular formula is C17H11F3N2O4. The van der Waals surface area contributed by atoms with Gasteiger partial charge in [-0.25, -0.2) is 9.48 Å². The van der Waals surface area contributed by atoms with Gasteiger partial charge in [0.1, 0.15) is 5.75 Å². The number of halogens is 3. The van der Waals surface area contributed by atoms with Gasteiger partial charge in [-0.1, -0.05) is 0 Å². The summed E-state index contributed by atoms with van der Waals surface area (Å²) in [5, 5.41) is 13.0. The first kappa shape index (κ1) is 17.5. The molecule has 0 atom stereocenters. The topological polar surface area (TPSA) is 81.4 Å². The SMILES string of the molecule is COc1ccc2c(c1)c(=O)c(C(=O)O)nn2-c1ccc(C(F)(F)F)cc1. The number of nitrogens with zero attached hydrogens (tertiary/aromatic N) is 2. The molecule has 2 aromatic carbocycles. The Morgan fingerprint density at radius 1 is 1.15 bits per heavy atom. The molecule has 0 spiro atoms. The van der Waals surface area contributed by atoms with E-state index in [0.717, 1.165) is 28.9 Å². The molecule has 0 saturated carbocycles. The Morgan fingerprint density at radius 3 is 2.35 bits per heavy atom. The zero-order valence-corrected chi connectivity index (χ0v) is 13.2. The summed E-state index contributed by atoms with van der Waals surface area (Å²) in [5.74, 6) is -1.21. The van der Waals surface area contributed by atoms with E-state index < -0.39 is 28.8 Å². The third-order valence-electron chi connectivity index (χ3n) is 3.73. The van der Waals surface area contributed by atoms with Crippen LogP contribution >= 0.6 is 0 Å². The van der Waals surface area contributed by atoms with Gasteiger partial charge in [0.2, 0.25) is 11.1 Å². The molecule has 0 aliphatic carbocycles. The van der Waals surface area contributed by atoms with Crippen molar-refractivity contribution < 1.29 is 27.8 Å². The van der Waals surface area contributed by atoms with Crippen LogP contribution in [0.15, 0.2) is 47.3 Å². The third kappa shape index (κ3) is 2.99. The van der Waals surface area contributed by atoms with Crippen molar-refractivity contribution in [1.82, 2.24) is 9.78 Å². The minimum Gasteiger partial charge on any atom is -0.497 e. The monoisotopic (exact) mass is 364 g/mol. The van der Waals surface area contributed by atoms with Crippen LogP contribution in [0.3, 0.4) is 0 Å². The molecule has 1 aromatic heterocycles.